The highest BCUT2D eigenvalue weighted by Crippen LogP contribution is 2.18. The van der Waals surface area contributed by atoms with Gasteiger partial charge in [-0.25, -0.2) is 0 Å². The van der Waals surface area contributed by atoms with Gasteiger partial charge in [-0.05, 0) is 77.0 Å². The molecule has 2 unspecified atom stereocenters. The van der Waals surface area contributed by atoms with Gasteiger partial charge >= 0.3 is 0 Å². The second-order valence-corrected chi connectivity index (χ2v) is 21.5. The van der Waals surface area contributed by atoms with Gasteiger partial charge in [0.1, 0.15) is 0 Å². The smallest absolute Gasteiger partial charge is 0.220 e. The standard InChI is InChI=1S/C69H123NO3/c1-3-5-7-9-11-13-15-17-19-21-23-25-27-29-31-33-34-35-36-37-39-41-43-45-47-49-51-53-55-57-59-61-63-65-69(73)70-67(66-71)68(72)64-62-60-58-56-54-52-50-48-46-44-42-40-38-32-30-28-26-24-22-20-18-16-14-12-10-8-6-4-2/h5,7,11,13,17,19,23,25,29,31,34-35,37,39,43,45,67-68,71-72H,3-4,6,8-10,12,14-16,18,20-22,24,26-28,30,32-33,36,38,40-42,44,46-66H2,1-2H3,(H,70,73)/b7-5-,13-11-,19-17-,25-23-,31-29-,35-34-,39-37-,45-43-. The van der Waals surface area contributed by atoms with Crippen molar-refractivity contribution in [3.05, 3.63) is 97.2 Å². The third-order valence-electron chi connectivity index (χ3n) is 14.4. The Morgan fingerprint density at radius 3 is 0.904 bits per heavy atom. The lowest BCUT2D eigenvalue weighted by atomic mass is 10.0. The first-order chi connectivity index (χ1) is 36.2. The summed E-state index contributed by atoms with van der Waals surface area (Å²) in [6, 6.07) is -0.549. The Balaban J connectivity index is 3.52. The molecule has 0 spiro atoms. The van der Waals surface area contributed by atoms with Crippen molar-refractivity contribution in [3.63, 3.8) is 0 Å². The third kappa shape index (κ3) is 60.1. The molecule has 0 bridgehead atoms. The number of amides is 1. The molecular formula is C69H123NO3. The molecule has 0 aromatic carbocycles. The summed E-state index contributed by atoms with van der Waals surface area (Å²) in [7, 11) is 0. The Morgan fingerprint density at radius 2 is 0.603 bits per heavy atom. The Kier molecular flexibility index (Phi) is 61.3. The summed E-state index contributed by atoms with van der Waals surface area (Å²) in [4.78, 5) is 12.5. The summed E-state index contributed by atoms with van der Waals surface area (Å²) in [6.45, 7) is 4.26. The molecule has 0 saturated heterocycles. The van der Waals surface area contributed by atoms with Gasteiger partial charge in [0.25, 0.3) is 0 Å². The number of rotatable bonds is 58. The number of carbonyl (C=O) groups excluding carboxylic acids is 1. The van der Waals surface area contributed by atoms with Crippen LogP contribution in [-0.2, 0) is 4.79 Å². The number of hydrogen-bond acceptors (Lipinski definition) is 3. The first-order valence-corrected chi connectivity index (χ1v) is 31.9. The van der Waals surface area contributed by atoms with E-state index in [-0.39, 0.29) is 12.5 Å². The molecule has 0 fully saturated rings. The van der Waals surface area contributed by atoms with E-state index in [1.165, 1.54) is 212 Å². The summed E-state index contributed by atoms with van der Waals surface area (Å²) < 4.78 is 0. The number of carbonyl (C=O) groups is 1. The maximum atomic E-state index is 12.5. The molecular weight excluding hydrogens is 891 g/mol. The van der Waals surface area contributed by atoms with Gasteiger partial charge in [-0.1, -0.05) is 329 Å². The molecule has 2 atom stereocenters. The van der Waals surface area contributed by atoms with E-state index in [4.69, 9.17) is 0 Å². The third-order valence-corrected chi connectivity index (χ3v) is 14.4. The van der Waals surface area contributed by atoms with Crippen molar-refractivity contribution in [3.8, 4) is 0 Å². The second kappa shape index (κ2) is 63.6. The molecule has 0 saturated carbocycles. The molecule has 73 heavy (non-hydrogen) atoms. The molecule has 4 heteroatoms. The molecule has 3 N–H and O–H groups in total. The first kappa shape index (κ1) is 70.3. The van der Waals surface area contributed by atoms with Crippen LogP contribution in [-0.4, -0.2) is 34.9 Å². The van der Waals surface area contributed by atoms with Crippen molar-refractivity contribution in [1.82, 2.24) is 5.32 Å². The summed E-state index contributed by atoms with van der Waals surface area (Å²) in [6.07, 6.45) is 94.2. The van der Waals surface area contributed by atoms with E-state index in [0.29, 0.717) is 12.8 Å². The fourth-order valence-electron chi connectivity index (χ4n) is 9.56. The van der Waals surface area contributed by atoms with Crippen LogP contribution in [0.15, 0.2) is 97.2 Å². The van der Waals surface area contributed by atoms with E-state index < -0.39 is 12.1 Å². The van der Waals surface area contributed by atoms with Gasteiger partial charge < -0.3 is 15.5 Å². The zero-order valence-electron chi connectivity index (χ0n) is 48.6. The highest BCUT2D eigenvalue weighted by atomic mass is 16.3. The molecule has 0 aliphatic carbocycles. The van der Waals surface area contributed by atoms with Crippen LogP contribution in [0.3, 0.4) is 0 Å². The minimum atomic E-state index is -0.671. The molecule has 0 aromatic heterocycles. The lowest BCUT2D eigenvalue weighted by Crippen LogP contribution is -2.45. The monoisotopic (exact) mass is 1010 g/mol. The lowest BCUT2D eigenvalue weighted by molar-refractivity contribution is -0.123. The number of hydrogen-bond donors (Lipinski definition) is 3. The molecule has 0 aliphatic heterocycles. The maximum Gasteiger partial charge on any atom is 0.220 e. The highest BCUT2D eigenvalue weighted by Gasteiger charge is 2.20. The van der Waals surface area contributed by atoms with Crippen molar-refractivity contribution in [2.24, 2.45) is 0 Å². The van der Waals surface area contributed by atoms with Crippen LogP contribution < -0.4 is 5.32 Å². The van der Waals surface area contributed by atoms with Gasteiger partial charge in [0, 0.05) is 6.42 Å². The number of unbranched alkanes of at least 4 members (excludes halogenated alkanes) is 35. The van der Waals surface area contributed by atoms with Crippen LogP contribution in [0.25, 0.3) is 0 Å². The Bertz CT molecular complexity index is 1330. The van der Waals surface area contributed by atoms with Crippen molar-refractivity contribution in [2.75, 3.05) is 6.61 Å². The van der Waals surface area contributed by atoms with E-state index in [1.807, 2.05) is 0 Å². The Hall–Kier alpha value is -2.69. The average molecular weight is 1010 g/mol. The molecule has 0 rings (SSSR count). The lowest BCUT2D eigenvalue weighted by Gasteiger charge is -2.22. The predicted octanol–water partition coefficient (Wildman–Crippen LogP) is 21.6. The van der Waals surface area contributed by atoms with Crippen molar-refractivity contribution < 1.29 is 15.0 Å². The molecule has 1 amide bonds. The van der Waals surface area contributed by atoms with E-state index in [1.54, 1.807) is 0 Å². The topological polar surface area (TPSA) is 69.6 Å². The largest absolute Gasteiger partial charge is 0.394 e. The fraction of sp³-hybridized carbons (Fsp3) is 0.754. The van der Waals surface area contributed by atoms with Crippen LogP contribution in [0.2, 0.25) is 0 Å². The zero-order valence-corrected chi connectivity index (χ0v) is 48.6. The van der Waals surface area contributed by atoms with Gasteiger partial charge in [-0.3, -0.25) is 4.79 Å². The van der Waals surface area contributed by atoms with Gasteiger partial charge in [0.05, 0.1) is 18.8 Å². The molecule has 0 radical (unpaired) electrons. The van der Waals surface area contributed by atoms with Gasteiger partial charge in [-0.15, -0.1) is 0 Å². The normalized spacial score (nSPS) is 13.4. The predicted molar refractivity (Wildman–Crippen MR) is 326 cm³/mol. The van der Waals surface area contributed by atoms with Crippen LogP contribution in [0, 0.1) is 0 Å². The van der Waals surface area contributed by atoms with Crippen LogP contribution >= 0.6 is 0 Å². The maximum absolute atomic E-state index is 12.5. The van der Waals surface area contributed by atoms with Crippen molar-refractivity contribution in [2.45, 2.75) is 328 Å². The van der Waals surface area contributed by atoms with Gasteiger partial charge in [-0.2, -0.15) is 0 Å². The minimum Gasteiger partial charge on any atom is -0.394 e. The van der Waals surface area contributed by atoms with E-state index >= 15 is 0 Å². The molecule has 0 heterocycles. The van der Waals surface area contributed by atoms with Gasteiger partial charge in [0.2, 0.25) is 5.91 Å². The number of aliphatic hydroxyl groups excluding tert-OH is 2. The van der Waals surface area contributed by atoms with Crippen LogP contribution in [0.4, 0.5) is 0 Å². The van der Waals surface area contributed by atoms with Crippen LogP contribution in [0.5, 0.6) is 0 Å². The summed E-state index contributed by atoms with van der Waals surface area (Å²) >= 11 is 0. The molecule has 4 nitrogen and oxygen atoms in total. The second-order valence-electron chi connectivity index (χ2n) is 21.5. The molecule has 422 valence electrons. The van der Waals surface area contributed by atoms with Crippen molar-refractivity contribution in [1.29, 1.82) is 0 Å². The fourth-order valence-corrected chi connectivity index (χ4v) is 9.56. The summed E-state index contributed by atoms with van der Waals surface area (Å²) in [5, 5.41) is 23.4. The number of aliphatic hydroxyl groups is 2. The summed E-state index contributed by atoms with van der Waals surface area (Å²) in [5.41, 5.74) is 0. The van der Waals surface area contributed by atoms with Crippen molar-refractivity contribution >= 4 is 5.91 Å². The van der Waals surface area contributed by atoms with Crippen LogP contribution in [0.1, 0.15) is 316 Å². The molecule has 0 aromatic rings. The highest BCUT2D eigenvalue weighted by molar-refractivity contribution is 5.76. The van der Waals surface area contributed by atoms with Gasteiger partial charge in [0.15, 0.2) is 0 Å². The first-order valence-electron chi connectivity index (χ1n) is 31.9. The SMILES string of the molecule is CC/C=C\C/C=C\C/C=C\C/C=C\C/C=C\C/C=C\C/C=C\C/C=C\CCCCCCCCCCC(=O)NC(CO)C(O)CCCCCCCCCCCCCCCCCCCCCCCCCCCCCC. The quantitative estimate of drug-likeness (QED) is 0.0420. The van der Waals surface area contributed by atoms with E-state index in [9.17, 15) is 15.0 Å². The molecule has 0 aliphatic rings. The average Bonchev–Trinajstić information content (AvgIpc) is 3.40. The Morgan fingerprint density at radius 1 is 0.342 bits per heavy atom. The summed E-state index contributed by atoms with van der Waals surface area (Å²) in [5.74, 6) is -0.0399. The van der Waals surface area contributed by atoms with E-state index in [2.05, 4.69) is 116 Å². The zero-order chi connectivity index (χ0) is 52.7. The number of allylic oxidation sites excluding steroid dienone is 16. The Labute approximate surface area is 455 Å². The minimum absolute atomic E-state index is 0.0399. The number of nitrogens with one attached hydrogen (secondary N) is 1. The van der Waals surface area contributed by atoms with E-state index in [0.717, 1.165) is 77.0 Å².